The highest BCUT2D eigenvalue weighted by Crippen LogP contribution is 2.57. The maximum absolute atomic E-state index is 15.0. The summed E-state index contributed by atoms with van der Waals surface area (Å²) >= 11 is 0. The van der Waals surface area contributed by atoms with E-state index in [4.69, 9.17) is 9.47 Å². The first-order chi connectivity index (χ1) is 16.7. The van der Waals surface area contributed by atoms with Gasteiger partial charge in [-0.3, -0.25) is 4.99 Å². The minimum absolute atomic E-state index is 0.0207. The number of aliphatic imine (C=N–C) groups is 1. The molecule has 1 N–H and O–H groups in total. The number of aromatic nitrogens is 2. The fourth-order valence-electron chi connectivity index (χ4n) is 4.99. The molecule has 2 saturated carbocycles. The van der Waals surface area contributed by atoms with Crippen molar-refractivity contribution in [1.29, 1.82) is 0 Å². The Morgan fingerprint density at radius 2 is 1.83 bits per heavy atom. The fraction of sp³-hybridized carbons (Fsp3) is 0.440. The number of ether oxygens (including phenoxy) is 2. The fourth-order valence-corrected chi connectivity index (χ4v) is 4.99. The molecular formula is C25H22F5N3O2. The third-order valence-corrected chi connectivity index (χ3v) is 7.52. The molecule has 35 heavy (non-hydrogen) atoms. The number of aromatic amines is 1. The van der Waals surface area contributed by atoms with Crippen LogP contribution in [0, 0.1) is 17.0 Å². The maximum Gasteiger partial charge on any atom is 0.398 e. The maximum atomic E-state index is 15.0. The van der Waals surface area contributed by atoms with Gasteiger partial charge in [-0.05, 0) is 55.0 Å². The molecule has 2 aliphatic carbocycles. The molecule has 10 heteroatoms. The van der Waals surface area contributed by atoms with Gasteiger partial charge in [0.05, 0.1) is 24.0 Å². The Balaban J connectivity index is 1.31. The van der Waals surface area contributed by atoms with E-state index < -0.39 is 29.0 Å². The number of halogens is 5. The van der Waals surface area contributed by atoms with Crippen molar-refractivity contribution in [3.05, 3.63) is 53.4 Å². The third kappa shape index (κ3) is 3.65. The molecule has 1 spiro atoms. The molecule has 184 valence electrons. The summed E-state index contributed by atoms with van der Waals surface area (Å²) in [6.45, 7) is 1.22. The van der Waals surface area contributed by atoms with E-state index >= 15 is 0 Å². The molecule has 0 unspecified atom stereocenters. The second kappa shape index (κ2) is 7.66. The zero-order valence-electron chi connectivity index (χ0n) is 18.6. The van der Waals surface area contributed by atoms with Gasteiger partial charge < -0.3 is 14.5 Å². The van der Waals surface area contributed by atoms with Gasteiger partial charge in [-0.2, -0.15) is 13.2 Å². The number of H-pyrrole nitrogens is 1. The highest BCUT2D eigenvalue weighted by molar-refractivity contribution is 5.88. The number of fused-ring (bicyclic) bond motifs is 1. The van der Waals surface area contributed by atoms with E-state index in [1.165, 1.54) is 18.5 Å². The number of benzene rings is 1. The summed E-state index contributed by atoms with van der Waals surface area (Å²) in [5, 5.41) is 0.0753. The standard InChI is InChI=1S/C25H22F5N3O2/c26-16-8-14(10-19-33-12-23(5-6-23)13-34-19)9-17(27)21(16)35-18-2-7-31-22-20(18)15(11-32-22)24(3-1-4-24)25(28,29)30/h2,7-9,11H,1,3-6,10,12-13H2,(H,31,32). The molecule has 1 aliphatic heterocycles. The van der Waals surface area contributed by atoms with Crippen LogP contribution in [0.4, 0.5) is 22.0 Å². The third-order valence-electron chi connectivity index (χ3n) is 7.52. The minimum Gasteiger partial charge on any atom is -0.480 e. The SMILES string of the molecule is Fc1cc(CC2=NCC3(CC3)CO2)cc(F)c1Oc1ccnc2[nH]cc(C3(C(F)(F)F)CCC3)c12. The van der Waals surface area contributed by atoms with Crippen molar-refractivity contribution >= 4 is 16.9 Å². The zero-order chi connectivity index (χ0) is 24.4. The normalized spacial score (nSPS) is 20.3. The van der Waals surface area contributed by atoms with Crippen LogP contribution >= 0.6 is 0 Å². The lowest BCUT2D eigenvalue weighted by molar-refractivity contribution is -0.212. The van der Waals surface area contributed by atoms with Gasteiger partial charge in [0.15, 0.2) is 23.3 Å². The molecule has 1 aromatic carbocycles. The predicted octanol–water partition coefficient (Wildman–Crippen LogP) is 6.37. The predicted molar refractivity (Wildman–Crippen MR) is 118 cm³/mol. The summed E-state index contributed by atoms with van der Waals surface area (Å²) in [6, 6.07) is 3.57. The zero-order valence-corrected chi connectivity index (χ0v) is 18.6. The van der Waals surface area contributed by atoms with Gasteiger partial charge in [-0.25, -0.2) is 13.8 Å². The molecule has 3 aliphatic rings. The van der Waals surface area contributed by atoms with Crippen molar-refractivity contribution in [2.24, 2.45) is 10.4 Å². The number of hydrogen-bond donors (Lipinski definition) is 1. The van der Waals surface area contributed by atoms with Crippen LogP contribution in [-0.2, 0) is 16.6 Å². The number of pyridine rings is 1. The van der Waals surface area contributed by atoms with Crippen molar-refractivity contribution < 1.29 is 31.4 Å². The Bertz CT molecular complexity index is 1320. The van der Waals surface area contributed by atoms with Gasteiger partial charge in [0.25, 0.3) is 0 Å². The molecule has 0 bridgehead atoms. The topological polar surface area (TPSA) is 59.5 Å². The Kier molecular flexibility index (Phi) is 4.88. The number of alkyl halides is 3. The monoisotopic (exact) mass is 491 g/mol. The van der Waals surface area contributed by atoms with E-state index in [0.29, 0.717) is 31.0 Å². The molecule has 0 saturated heterocycles. The van der Waals surface area contributed by atoms with Gasteiger partial charge in [0.1, 0.15) is 11.4 Å². The van der Waals surface area contributed by atoms with Crippen LogP contribution in [0.2, 0.25) is 0 Å². The van der Waals surface area contributed by atoms with Crippen LogP contribution < -0.4 is 4.74 Å². The quantitative estimate of drug-likeness (QED) is 0.422. The summed E-state index contributed by atoms with van der Waals surface area (Å²) in [5.74, 6) is -2.29. The largest absolute Gasteiger partial charge is 0.480 e. The average molecular weight is 491 g/mol. The van der Waals surface area contributed by atoms with E-state index in [-0.39, 0.29) is 47.0 Å². The van der Waals surface area contributed by atoms with Crippen molar-refractivity contribution in [1.82, 2.24) is 9.97 Å². The first-order valence-electron chi connectivity index (χ1n) is 11.6. The smallest absolute Gasteiger partial charge is 0.398 e. The molecule has 2 fully saturated rings. The van der Waals surface area contributed by atoms with Crippen LogP contribution in [0.15, 0.2) is 35.6 Å². The molecule has 6 rings (SSSR count). The van der Waals surface area contributed by atoms with E-state index in [0.717, 1.165) is 25.0 Å². The Morgan fingerprint density at radius 3 is 2.40 bits per heavy atom. The van der Waals surface area contributed by atoms with Crippen LogP contribution in [0.5, 0.6) is 11.5 Å². The van der Waals surface area contributed by atoms with Crippen molar-refractivity contribution in [2.45, 2.75) is 50.1 Å². The molecule has 5 nitrogen and oxygen atoms in total. The molecule has 3 heterocycles. The molecule has 2 aromatic heterocycles. The van der Waals surface area contributed by atoms with Crippen LogP contribution in [0.25, 0.3) is 11.0 Å². The summed E-state index contributed by atoms with van der Waals surface area (Å²) in [6.07, 6.45) is 0.697. The second-order valence-electron chi connectivity index (χ2n) is 9.83. The van der Waals surface area contributed by atoms with Gasteiger partial charge in [-0.1, -0.05) is 6.42 Å². The van der Waals surface area contributed by atoms with Crippen molar-refractivity contribution in [3.8, 4) is 11.5 Å². The van der Waals surface area contributed by atoms with Crippen LogP contribution in [0.3, 0.4) is 0 Å². The molecule has 0 radical (unpaired) electrons. The first kappa shape index (κ1) is 22.3. The first-order valence-corrected chi connectivity index (χ1v) is 11.6. The van der Waals surface area contributed by atoms with Crippen molar-refractivity contribution in [2.75, 3.05) is 13.2 Å². The van der Waals surface area contributed by atoms with E-state index in [2.05, 4.69) is 15.0 Å². The summed E-state index contributed by atoms with van der Waals surface area (Å²) in [5.41, 5.74) is -1.42. The summed E-state index contributed by atoms with van der Waals surface area (Å²) < 4.78 is 83.2. The molecule has 3 aromatic rings. The van der Waals surface area contributed by atoms with Gasteiger partial charge in [0.2, 0.25) is 0 Å². The summed E-state index contributed by atoms with van der Waals surface area (Å²) in [7, 11) is 0. The van der Waals surface area contributed by atoms with E-state index in [1.54, 1.807) is 0 Å². The minimum atomic E-state index is -4.48. The highest BCUT2D eigenvalue weighted by Gasteiger charge is 2.60. The highest BCUT2D eigenvalue weighted by atomic mass is 19.4. The van der Waals surface area contributed by atoms with Gasteiger partial charge in [-0.15, -0.1) is 0 Å². The van der Waals surface area contributed by atoms with Crippen molar-refractivity contribution in [3.63, 3.8) is 0 Å². The molecular weight excluding hydrogens is 469 g/mol. The van der Waals surface area contributed by atoms with E-state index in [1.807, 2.05) is 0 Å². The number of hydrogen-bond acceptors (Lipinski definition) is 4. The van der Waals surface area contributed by atoms with Gasteiger partial charge >= 0.3 is 6.18 Å². The number of rotatable bonds is 5. The second-order valence-corrected chi connectivity index (χ2v) is 9.83. The Morgan fingerprint density at radius 1 is 1.09 bits per heavy atom. The lowest BCUT2D eigenvalue weighted by Crippen LogP contribution is -2.47. The summed E-state index contributed by atoms with van der Waals surface area (Å²) in [4.78, 5) is 11.2. The lowest BCUT2D eigenvalue weighted by Gasteiger charge is -2.43. The van der Waals surface area contributed by atoms with Crippen LogP contribution in [-0.4, -0.2) is 35.2 Å². The Hall–Kier alpha value is -3.17. The number of nitrogens with one attached hydrogen (secondary N) is 1. The van der Waals surface area contributed by atoms with Gasteiger partial charge in [0, 0.05) is 24.2 Å². The number of nitrogens with zero attached hydrogens (tertiary/aromatic N) is 2. The molecule has 0 amide bonds. The average Bonchev–Trinajstić information content (AvgIpc) is 3.38. The Labute approximate surface area is 197 Å². The lowest BCUT2D eigenvalue weighted by atomic mass is 9.64. The molecule has 0 atom stereocenters. The van der Waals surface area contributed by atoms with E-state index in [9.17, 15) is 22.0 Å². The van der Waals surface area contributed by atoms with Crippen LogP contribution in [0.1, 0.15) is 43.2 Å².